The number of halogens is 1. The molecule has 0 fully saturated rings. The van der Waals surface area contributed by atoms with Crippen LogP contribution in [0.1, 0.15) is 27.9 Å². The fourth-order valence-corrected chi connectivity index (χ4v) is 2.01. The van der Waals surface area contributed by atoms with Crippen molar-refractivity contribution in [3.63, 3.8) is 0 Å². The minimum atomic E-state index is -0.715. The molecule has 0 saturated heterocycles. The number of ether oxygens (including phenoxy) is 1. The van der Waals surface area contributed by atoms with E-state index in [1.807, 2.05) is 12.1 Å². The Kier molecular flexibility index (Phi) is 5.05. The Bertz CT molecular complexity index is 747. The third-order valence-electron chi connectivity index (χ3n) is 3.13. The van der Waals surface area contributed by atoms with E-state index in [0.29, 0.717) is 12.0 Å². The summed E-state index contributed by atoms with van der Waals surface area (Å²) in [5.41, 5.74) is 1.20. The molecule has 2 rings (SSSR count). The van der Waals surface area contributed by atoms with E-state index in [1.165, 1.54) is 12.1 Å². The van der Waals surface area contributed by atoms with Crippen LogP contribution in [0.25, 0.3) is 0 Å². The molecule has 0 radical (unpaired) electrons. The topological polar surface area (TPSA) is 50.1 Å². The third-order valence-corrected chi connectivity index (χ3v) is 3.13. The van der Waals surface area contributed by atoms with E-state index in [4.69, 9.17) is 10.00 Å². The number of allylic oxidation sites excluding steroid dienone is 1. The lowest BCUT2D eigenvalue weighted by Crippen LogP contribution is -2.11. The van der Waals surface area contributed by atoms with E-state index in [-0.39, 0.29) is 11.3 Å². The van der Waals surface area contributed by atoms with Crippen molar-refractivity contribution in [1.29, 1.82) is 5.26 Å². The summed E-state index contributed by atoms with van der Waals surface area (Å²) in [6, 6.07) is 12.5. The van der Waals surface area contributed by atoms with Crippen molar-refractivity contribution in [3.05, 3.63) is 77.6 Å². The summed E-state index contributed by atoms with van der Waals surface area (Å²) in [5, 5.41) is 8.68. The Balaban J connectivity index is 2.21. The van der Waals surface area contributed by atoms with Crippen LogP contribution in [0.3, 0.4) is 0 Å². The number of rotatable bonds is 5. The second kappa shape index (κ2) is 7.19. The molecule has 0 atom stereocenters. The highest BCUT2D eigenvalue weighted by Crippen LogP contribution is 2.19. The monoisotopic (exact) mass is 295 g/mol. The highest BCUT2D eigenvalue weighted by Gasteiger charge is 2.14. The van der Waals surface area contributed by atoms with Crippen LogP contribution in [0, 0.1) is 17.1 Å². The zero-order valence-corrected chi connectivity index (χ0v) is 11.9. The van der Waals surface area contributed by atoms with E-state index >= 15 is 0 Å². The van der Waals surface area contributed by atoms with Gasteiger partial charge in [0.15, 0.2) is 0 Å². The fraction of sp³-hybridized carbons (Fsp3) is 0.111. The lowest BCUT2D eigenvalue weighted by molar-refractivity contribution is 0.0733. The number of aryl methyl sites for hydroxylation is 1. The quantitative estimate of drug-likeness (QED) is 0.475. The molecule has 0 saturated carbocycles. The minimum Gasteiger partial charge on any atom is -0.423 e. The zero-order chi connectivity index (χ0) is 15.9. The molecule has 0 spiro atoms. The summed E-state index contributed by atoms with van der Waals surface area (Å²) >= 11 is 0. The molecule has 0 amide bonds. The van der Waals surface area contributed by atoms with Gasteiger partial charge in [-0.05, 0) is 36.6 Å². The van der Waals surface area contributed by atoms with Gasteiger partial charge in [-0.25, -0.2) is 9.18 Å². The van der Waals surface area contributed by atoms with Crippen molar-refractivity contribution in [2.45, 2.75) is 12.8 Å². The van der Waals surface area contributed by atoms with Gasteiger partial charge in [0, 0.05) is 6.07 Å². The molecule has 0 N–H and O–H groups in total. The van der Waals surface area contributed by atoms with Gasteiger partial charge in [0.1, 0.15) is 17.6 Å². The summed E-state index contributed by atoms with van der Waals surface area (Å²) in [7, 11) is 0. The first-order chi connectivity index (χ1) is 10.7. The molecule has 0 aliphatic heterocycles. The predicted molar refractivity (Wildman–Crippen MR) is 81.0 cm³/mol. The lowest BCUT2D eigenvalue weighted by Gasteiger charge is -2.09. The number of benzene rings is 2. The smallest absolute Gasteiger partial charge is 0.343 e. The van der Waals surface area contributed by atoms with Crippen molar-refractivity contribution < 1.29 is 13.9 Å². The maximum absolute atomic E-state index is 13.5. The van der Waals surface area contributed by atoms with Gasteiger partial charge in [-0.2, -0.15) is 5.26 Å². The number of hydrogen-bond acceptors (Lipinski definition) is 3. The molecule has 2 aromatic rings. The Hall–Kier alpha value is -2.93. The van der Waals surface area contributed by atoms with Crippen LogP contribution in [0.5, 0.6) is 5.75 Å². The second-order valence-corrected chi connectivity index (χ2v) is 4.63. The van der Waals surface area contributed by atoms with Crippen molar-refractivity contribution in [3.8, 4) is 11.8 Å². The average Bonchev–Trinajstić information content (AvgIpc) is 2.53. The Labute approximate surface area is 128 Å². The summed E-state index contributed by atoms with van der Waals surface area (Å²) in [5.74, 6) is -1.20. The Morgan fingerprint density at radius 2 is 2.09 bits per heavy atom. The van der Waals surface area contributed by atoms with Crippen LogP contribution in [0.2, 0.25) is 0 Å². The molecule has 0 aliphatic carbocycles. The fourth-order valence-electron chi connectivity index (χ4n) is 2.01. The largest absolute Gasteiger partial charge is 0.423 e. The van der Waals surface area contributed by atoms with Gasteiger partial charge < -0.3 is 4.74 Å². The maximum Gasteiger partial charge on any atom is 0.343 e. The van der Waals surface area contributed by atoms with Gasteiger partial charge in [-0.15, -0.1) is 6.58 Å². The highest BCUT2D eigenvalue weighted by molar-refractivity contribution is 5.92. The molecule has 110 valence electrons. The SMILES string of the molecule is C=CCCc1ccccc1C(=O)Oc1ccc(C#N)c(F)c1. The first kappa shape index (κ1) is 15.5. The van der Waals surface area contributed by atoms with Gasteiger partial charge in [0.2, 0.25) is 0 Å². The van der Waals surface area contributed by atoms with Crippen molar-refractivity contribution in [2.24, 2.45) is 0 Å². The van der Waals surface area contributed by atoms with Crippen LogP contribution in [0.15, 0.2) is 55.1 Å². The summed E-state index contributed by atoms with van der Waals surface area (Å²) in [4.78, 5) is 12.2. The van der Waals surface area contributed by atoms with Crippen LogP contribution in [0.4, 0.5) is 4.39 Å². The maximum atomic E-state index is 13.5. The van der Waals surface area contributed by atoms with Crippen LogP contribution in [-0.2, 0) is 6.42 Å². The third kappa shape index (κ3) is 3.58. The van der Waals surface area contributed by atoms with Gasteiger partial charge in [0.25, 0.3) is 0 Å². The van der Waals surface area contributed by atoms with Gasteiger partial charge in [0.05, 0.1) is 11.1 Å². The van der Waals surface area contributed by atoms with Gasteiger partial charge in [-0.1, -0.05) is 24.3 Å². The normalized spacial score (nSPS) is 9.82. The molecule has 0 unspecified atom stereocenters. The number of esters is 1. The van der Waals surface area contributed by atoms with E-state index in [2.05, 4.69) is 6.58 Å². The first-order valence-electron chi connectivity index (χ1n) is 6.76. The van der Waals surface area contributed by atoms with Crippen LogP contribution >= 0.6 is 0 Å². The van der Waals surface area contributed by atoms with E-state index < -0.39 is 11.8 Å². The predicted octanol–water partition coefficient (Wildman–Crippen LogP) is 4.04. The number of nitriles is 1. The zero-order valence-electron chi connectivity index (χ0n) is 11.9. The number of nitrogens with zero attached hydrogens (tertiary/aromatic N) is 1. The summed E-state index contributed by atoms with van der Waals surface area (Å²) < 4.78 is 18.7. The van der Waals surface area contributed by atoms with E-state index in [1.54, 1.807) is 24.3 Å². The van der Waals surface area contributed by atoms with Crippen LogP contribution < -0.4 is 4.74 Å². The Morgan fingerprint density at radius 1 is 1.32 bits per heavy atom. The Morgan fingerprint density at radius 3 is 2.77 bits per heavy atom. The highest BCUT2D eigenvalue weighted by atomic mass is 19.1. The molecule has 2 aromatic carbocycles. The number of carbonyl (C=O) groups excluding carboxylic acids is 1. The average molecular weight is 295 g/mol. The first-order valence-corrected chi connectivity index (χ1v) is 6.76. The molecular weight excluding hydrogens is 281 g/mol. The van der Waals surface area contributed by atoms with Crippen molar-refractivity contribution >= 4 is 5.97 Å². The molecule has 3 nitrogen and oxygen atoms in total. The van der Waals surface area contributed by atoms with E-state index in [9.17, 15) is 9.18 Å². The number of carbonyl (C=O) groups is 1. The van der Waals surface area contributed by atoms with Gasteiger partial charge >= 0.3 is 5.97 Å². The van der Waals surface area contributed by atoms with Crippen molar-refractivity contribution in [2.75, 3.05) is 0 Å². The standard InChI is InChI=1S/C18H14FNO2/c1-2-3-6-13-7-4-5-8-16(13)18(21)22-15-10-9-14(12-20)17(19)11-15/h2,4-5,7-11H,1,3,6H2. The molecule has 0 heterocycles. The molecule has 22 heavy (non-hydrogen) atoms. The lowest BCUT2D eigenvalue weighted by atomic mass is 10.0. The summed E-state index contributed by atoms with van der Waals surface area (Å²) in [6.45, 7) is 3.66. The summed E-state index contributed by atoms with van der Waals surface area (Å²) in [6.07, 6.45) is 3.20. The number of hydrogen-bond donors (Lipinski definition) is 0. The van der Waals surface area contributed by atoms with Crippen LogP contribution in [-0.4, -0.2) is 5.97 Å². The molecule has 0 aliphatic rings. The molecule has 0 aromatic heterocycles. The molecule has 4 heteroatoms. The molecular formula is C18H14FNO2. The van der Waals surface area contributed by atoms with Gasteiger partial charge in [-0.3, -0.25) is 0 Å². The second-order valence-electron chi connectivity index (χ2n) is 4.63. The van der Waals surface area contributed by atoms with Crippen molar-refractivity contribution in [1.82, 2.24) is 0 Å². The van der Waals surface area contributed by atoms with E-state index in [0.717, 1.165) is 18.1 Å². The molecule has 0 bridgehead atoms. The minimum absolute atomic E-state index is 0.0695.